The predicted octanol–water partition coefficient (Wildman–Crippen LogP) is 10.0. The minimum absolute atomic E-state index is 0.156. The van der Waals surface area contributed by atoms with Crippen molar-refractivity contribution in [1.82, 2.24) is 14.7 Å². The number of nitrogens with zero attached hydrogens (tertiary/aromatic N) is 5. The number of carbonyl (C=O) groups is 2. The molecule has 326 valence electrons. The number of carbonyl (C=O) groups excluding carboxylic acids is 2. The number of hydrogen-bond donors (Lipinski definition) is 1. The molecule has 64 heavy (non-hydrogen) atoms. The van der Waals surface area contributed by atoms with Crippen LogP contribution in [-0.4, -0.2) is 79.0 Å². The topological polar surface area (TPSA) is 82.9 Å². The first-order valence-corrected chi connectivity index (χ1v) is 22.5. The summed E-state index contributed by atoms with van der Waals surface area (Å²) in [5, 5.41) is 9.25. The summed E-state index contributed by atoms with van der Waals surface area (Å²) in [6, 6.07) is 43.4. The molecule has 1 N–H and O–H groups in total. The van der Waals surface area contributed by atoms with Crippen LogP contribution in [0.2, 0.25) is 0 Å². The van der Waals surface area contributed by atoms with Gasteiger partial charge in [0.15, 0.2) is 5.82 Å². The number of halogens is 3. The van der Waals surface area contributed by atoms with Gasteiger partial charge in [-0.1, -0.05) is 107 Å². The number of rotatable bonds is 11. The fourth-order valence-electron chi connectivity index (χ4n) is 9.42. The molecule has 3 heterocycles. The van der Waals surface area contributed by atoms with Crippen molar-refractivity contribution in [2.45, 2.75) is 37.8 Å². The minimum atomic E-state index is -1.05. The van der Waals surface area contributed by atoms with E-state index in [0.717, 1.165) is 60.2 Å². The van der Waals surface area contributed by atoms with Crippen LogP contribution in [0.25, 0.3) is 10.9 Å². The summed E-state index contributed by atoms with van der Waals surface area (Å²) in [5.74, 6) is -1.65. The van der Waals surface area contributed by atoms with E-state index in [0.29, 0.717) is 58.2 Å². The van der Waals surface area contributed by atoms with Gasteiger partial charge in [-0.3, -0.25) is 9.59 Å². The zero-order chi connectivity index (χ0) is 44.4. The molecule has 0 saturated carbocycles. The quantitative estimate of drug-likeness (QED) is 0.130. The average molecular weight is 924 g/mol. The Morgan fingerprint density at radius 3 is 1.92 bits per heavy atom. The molecule has 2 aliphatic heterocycles. The number of anilines is 3. The van der Waals surface area contributed by atoms with E-state index >= 15 is 4.79 Å². The van der Waals surface area contributed by atoms with E-state index in [1.165, 1.54) is 12.1 Å². The van der Waals surface area contributed by atoms with Crippen LogP contribution in [-0.2, 0) is 21.5 Å². The molecule has 1 aromatic heterocycles. The predicted molar refractivity (Wildman–Crippen MR) is 252 cm³/mol. The van der Waals surface area contributed by atoms with E-state index < -0.39 is 23.1 Å². The highest BCUT2D eigenvalue weighted by atomic mass is 79.9. The van der Waals surface area contributed by atoms with Gasteiger partial charge in [0.25, 0.3) is 5.91 Å². The SMILES string of the molecule is CC(=O)N(c1cc(N2CCN(C)CC2)ccc1C(=O)Nc1nn(C(c2ccccc2)(c2ccccc2)c2ccccc2)c2cc(Br)c(Cc3cc(F)cc(F)c3)cc12)C1CCOCC1. The van der Waals surface area contributed by atoms with Crippen LogP contribution in [0, 0.1) is 11.6 Å². The lowest BCUT2D eigenvalue weighted by Gasteiger charge is -2.37. The van der Waals surface area contributed by atoms with Gasteiger partial charge in [-0.25, -0.2) is 13.5 Å². The van der Waals surface area contributed by atoms with Gasteiger partial charge in [0, 0.05) is 74.0 Å². The van der Waals surface area contributed by atoms with E-state index in [1.807, 2.05) is 89.6 Å². The van der Waals surface area contributed by atoms with Crippen LogP contribution in [0.5, 0.6) is 0 Å². The number of aromatic nitrogens is 2. The van der Waals surface area contributed by atoms with Crippen molar-refractivity contribution in [1.29, 1.82) is 0 Å². The number of hydrogen-bond acceptors (Lipinski definition) is 6. The summed E-state index contributed by atoms with van der Waals surface area (Å²) in [6.07, 6.45) is 1.48. The molecular weight excluding hydrogens is 875 g/mol. The van der Waals surface area contributed by atoms with Crippen LogP contribution in [0.15, 0.2) is 144 Å². The molecule has 9 nitrogen and oxygen atoms in total. The van der Waals surface area contributed by atoms with E-state index in [1.54, 1.807) is 11.8 Å². The molecule has 12 heteroatoms. The van der Waals surface area contributed by atoms with Gasteiger partial charge in [-0.15, -0.1) is 0 Å². The molecular formula is C52H49BrF2N6O3. The van der Waals surface area contributed by atoms with Gasteiger partial charge in [-0.05, 0) is 96.6 Å². The van der Waals surface area contributed by atoms with Crippen LogP contribution in [0.3, 0.4) is 0 Å². The van der Waals surface area contributed by atoms with Gasteiger partial charge < -0.3 is 24.8 Å². The second-order valence-electron chi connectivity index (χ2n) is 16.7. The molecule has 6 aromatic carbocycles. The Balaban J connectivity index is 1.25. The Bertz CT molecular complexity index is 2670. The first-order valence-electron chi connectivity index (χ1n) is 21.7. The molecule has 0 aliphatic carbocycles. The van der Waals surface area contributed by atoms with Crippen molar-refractivity contribution in [3.05, 3.63) is 189 Å². The Hall–Kier alpha value is -6.21. The molecule has 0 spiro atoms. The highest BCUT2D eigenvalue weighted by Gasteiger charge is 2.41. The van der Waals surface area contributed by atoms with Crippen LogP contribution in [0.4, 0.5) is 26.0 Å². The smallest absolute Gasteiger partial charge is 0.259 e. The summed E-state index contributed by atoms with van der Waals surface area (Å²) in [5.41, 5.74) is 5.40. The summed E-state index contributed by atoms with van der Waals surface area (Å²) in [7, 11) is 2.11. The number of amides is 2. The fraction of sp³-hybridized carbons (Fsp3) is 0.250. The van der Waals surface area contributed by atoms with Crippen molar-refractivity contribution in [2.75, 3.05) is 61.6 Å². The van der Waals surface area contributed by atoms with Crippen molar-refractivity contribution >= 4 is 55.8 Å². The average Bonchev–Trinajstić information content (AvgIpc) is 3.64. The Kier molecular flexibility index (Phi) is 12.4. The van der Waals surface area contributed by atoms with Crippen molar-refractivity contribution in [3.8, 4) is 0 Å². The summed E-state index contributed by atoms with van der Waals surface area (Å²) in [6.45, 7) is 6.00. The zero-order valence-corrected chi connectivity index (χ0v) is 37.4. The third-order valence-electron chi connectivity index (χ3n) is 12.5. The minimum Gasteiger partial charge on any atom is -0.381 e. The lowest BCUT2D eigenvalue weighted by Crippen LogP contribution is -2.45. The molecule has 0 bridgehead atoms. The molecule has 7 aromatic rings. The summed E-state index contributed by atoms with van der Waals surface area (Å²) < 4.78 is 37.4. The lowest BCUT2D eigenvalue weighted by molar-refractivity contribution is -0.117. The van der Waals surface area contributed by atoms with E-state index in [2.05, 4.69) is 74.5 Å². The van der Waals surface area contributed by atoms with Crippen molar-refractivity contribution < 1.29 is 23.1 Å². The Labute approximate surface area is 380 Å². The van der Waals surface area contributed by atoms with Gasteiger partial charge in [0.1, 0.15) is 17.2 Å². The number of likely N-dealkylation sites (N-methyl/N-ethyl adjacent to an activating group) is 1. The highest BCUT2D eigenvalue weighted by molar-refractivity contribution is 9.10. The van der Waals surface area contributed by atoms with Gasteiger partial charge in [-0.2, -0.15) is 5.10 Å². The Morgan fingerprint density at radius 1 is 0.781 bits per heavy atom. The second kappa shape index (κ2) is 18.5. The number of piperazine rings is 1. The van der Waals surface area contributed by atoms with Crippen LogP contribution < -0.4 is 15.1 Å². The molecule has 0 unspecified atom stereocenters. The largest absolute Gasteiger partial charge is 0.381 e. The number of nitrogens with one attached hydrogen (secondary N) is 1. The maximum atomic E-state index is 15.2. The second-order valence-corrected chi connectivity index (χ2v) is 17.5. The molecule has 2 saturated heterocycles. The summed E-state index contributed by atoms with van der Waals surface area (Å²) in [4.78, 5) is 35.2. The van der Waals surface area contributed by atoms with Gasteiger partial charge in [0.05, 0.1) is 16.8 Å². The maximum absolute atomic E-state index is 15.2. The first-order chi connectivity index (χ1) is 31.1. The number of benzene rings is 6. The van der Waals surface area contributed by atoms with Crippen LogP contribution in [0.1, 0.15) is 57.9 Å². The van der Waals surface area contributed by atoms with Crippen molar-refractivity contribution in [2.24, 2.45) is 0 Å². The lowest BCUT2D eigenvalue weighted by atomic mass is 9.77. The maximum Gasteiger partial charge on any atom is 0.259 e. The summed E-state index contributed by atoms with van der Waals surface area (Å²) >= 11 is 3.83. The standard InChI is InChI=1S/C52H49BrF2N6O3/c1-35(62)60(43-20-26-64-27-21-43)48-33-44(59-24-22-58(2)23-25-59)18-19-45(48)51(63)56-50-46-31-37(28-36-29-41(54)32-42(55)30-36)47(53)34-49(46)61(57-50)52(38-12-6-3-7-13-38,39-14-8-4-9-15-39)40-16-10-5-11-17-40/h3-19,29-34,43H,20-28H2,1-2H3,(H,56,57,63). The van der Waals surface area contributed by atoms with E-state index in [4.69, 9.17) is 9.84 Å². The van der Waals surface area contributed by atoms with Crippen molar-refractivity contribution in [3.63, 3.8) is 0 Å². The highest BCUT2D eigenvalue weighted by Crippen LogP contribution is 2.45. The number of fused-ring (bicyclic) bond motifs is 1. The third-order valence-corrected chi connectivity index (χ3v) is 13.3. The molecule has 2 aliphatic rings. The monoisotopic (exact) mass is 922 g/mol. The Morgan fingerprint density at radius 2 is 1.36 bits per heavy atom. The van der Waals surface area contributed by atoms with Gasteiger partial charge in [0.2, 0.25) is 5.91 Å². The molecule has 9 rings (SSSR count). The molecule has 0 atom stereocenters. The first kappa shape index (κ1) is 43.1. The van der Waals surface area contributed by atoms with E-state index in [9.17, 15) is 13.6 Å². The van der Waals surface area contributed by atoms with Crippen LogP contribution >= 0.6 is 15.9 Å². The molecule has 2 fully saturated rings. The fourth-order valence-corrected chi connectivity index (χ4v) is 9.89. The number of ether oxygens (including phenoxy) is 1. The normalized spacial score (nSPS) is 15.0. The third kappa shape index (κ3) is 8.45. The van der Waals surface area contributed by atoms with Gasteiger partial charge >= 0.3 is 0 Å². The molecule has 2 amide bonds. The van der Waals surface area contributed by atoms with E-state index in [-0.39, 0.29) is 24.2 Å². The zero-order valence-electron chi connectivity index (χ0n) is 35.8. The molecule has 0 radical (unpaired) electrons.